The zero-order valence-corrected chi connectivity index (χ0v) is 12.4. The van der Waals surface area contributed by atoms with Crippen LogP contribution in [0.25, 0.3) is 0 Å². The van der Waals surface area contributed by atoms with Crippen molar-refractivity contribution >= 4 is 0 Å². The van der Waals surface area contributed by atoms with Gasteiger partial charge in [-0.2, -0.15) is 0 Å². The van der Waals surface area contributed by atoms with Crippen molar-refractivity contribution in [2.45, 2.75) is 39.2 Å². The van der Waals surface area contributed by atoms with Gasteiger partial charge < -0.3 is 10.6 Å². The molecule has 1 fully saturated rings. The van der Waals surface area contributed by atoms with Crippen LogP contribution in [0.15, 0.2) is 30.3 Å². The van der Waals surface area contributed by atoms with Gasteiger partial charge >= 0.3 is 0 Å². The molecule has 0 aromatic heterocycles. The van der Waals surface area contributed by atoms with Crippen LogP contribution < -0.4 is 5.73 Å². The highest BCUT2D eigenvalue weighted by atomic mass is 15.1. The average molecular weight is 260 g/mol. The van der Waals surface area contributed by atoms with E-state index in [1.807, 2.05) is 6.07 Å². The molecule has 1 aliphatic rings. The van der Waals surface area contributed by atoms with Gasteiger partial charge in [-0.05, 0) is 49.8 Å². The summed E-state index contributed by atoms with van der Waals surface area (Å²) in [5, 5.41) is 0. The Morgan fingerprint density at radius 2 is 2.00 bits per heavy atom. The van der Waals surface area contributed by atoms with Crippen molar-refractivity contribution in [3.63, 3.8) is 0 Å². The number of nitrogens with two attached hydrogens (primary N) is 1. The van der Waals surface area contributed by atoms with Crippen LogP contribution >= 0.6 is 0 Å². The van der Waals surface area contributed by atoms with Crippen LogP contribution in [0.2, 0.25) is 0 Å². The van der Waals surface area contributed by atoms with E-state index < -0.39 is 0 Å². The average Bonchev–Trinajstić information content (AvgIpc) is 2.89. The number of hydrogen-bond donors (Lipinski definition) is 1. The van der Waals surface area contributed by atoms with E-state index in [2.05, 4.69) is 43.0 Å². The lowest BCUT2D eigenvalue weighted by atomic mass is 9.95. The fraction of sp³-hybridized carbons (Fsp3) is 0.647. The summed E-state index contributed by atoms with van der Waals surface area (Å²) >= 11 is 0. The molecular weight excluding hydrogens is 232 g/mol. The fourth-order valence-corrected chi connectivity index (χ4v) is 3.01. The molecule has 1 saturated heterocycles. The Kier molecular flexibility index (Phi) is 5.41. The number of hydrogen-bond acceptors (Lipinski definition) is 2. The Bertz CT molecular complexity index is 361. The quantitative estimate of drug-likeness (QED) is 0.849. The van der Waals surface area contributed by atoms with Gasteiger partial charge in [0, 0.05) is 12.6 Å². The van der Waals surface area contributed by atoms with Crippen LogP contribution in [0.5, 0.6) is 0 Å². The topological polar surface area (TPSA) is 29.3 Å². The monoisotopic (exact) mass is 260 g/mol. The van der Waals surface area contributed by atoms with Gasteiger partial charge in [0.25, 0.3) is 0 Å². The van der Waals surface area contributed by atoms with Crippen LogP contribution in [0, 0.1) is 11.8 Å². The van der Waals surface area contributed by atoms with Crippen LogP contribution in [0.4, 0.5) is 0 Å². The van der Waals surface area contributed by atoms with E-state index in [0.29, 0.717) is 0 Å². The summed E-state index contributed by atoms with van der Waals surface area (Å²) < 4.78 is 0. The first-order valence-electron chi connectivity index (χ1n) is 7.69. The number of rotatable bonds is 6. The van der Waals surface area contributed by atoms with Crippen LogP contribution in [-0.4, -0.2) is 24.5 Å². The molecule has 106 valence electrons. The lowest BCUT2D eigenvalue weighted by Gasteiger charge is -2.19. The molecule has 2 atom stereocenters. The van der Waals surface area contributed by atoms with Gasteiger partial charge in [-0.3, -0.25) is 0 Å². The summed E-state index contributed by atoms with van der Waals surface area (Å²) in [6, 6.07) is 10.7. The van der Waals surface area contributed by atoms with Crippen molar-refractivity contribution in [3.05, 3.63) is 35.9 Å². The Hall–Kier alpha value is -0.860. The van der Waals surface area contributed by atoms with Gasteiger partial charge in [-0.25, -0.2) is 0 Å². The van der Waals surface area contributed by atoms with E-state index in [1.165, 1.54) is 38.0 Å². The Labute approximate surface area is 118 Å². The van der Waals surface area contributed by atoms with E-state index in [0.717, 1.165) is 18.3 Å². The maximum absolute atomic E-state index is 6.24. The minimum absolute atomic E-state index is 0.199. The lowest BCUT2D eigenvalue weighted by Crippen LogP contribution is -2.24. The van der Waals surface area contributed by atoms with Crippen molar-refractivity contribution in [1.29, 1.82) is 0 Å². The first-order chi connectivity index (χ1) is 9.16. The molecule has 0 aliphatic carbocycles. The molecule has 2 rings (SSSR count). The standard InChI is InChI=1S/C17H28N2/c1-14(2)16-10-12-19(13-16)11-6-9-17(18)15-7-4-3-5-8-15/h3-5,7-8,14,16-17H,6,9-13,18H2,1-2H3. The highest BCUT2D eigenvalue weighted by Gasteiger charge is 2.24. The minimum atomic E-state index is 0.199. The predicted octanol–water partition coefficient (Wildman–Crippen LogP) is 3.44. The molecule has 0 bridgehead atoms. The fourth-order valence-electron chi connectivity index (χ4n) is 3.01. The summed E-state index contributed by atoms with van der Waals surface area (Å²) in [5.74, 6) is 1.74. The second-order valence-electron chi connectivity index (χ2n) is 6.25. The molecule has 0 saturated carbocycles. The van der Waals surface area contributed by atoms with E-state index in [1.54, 1.807) is 0 Å². The SMILES string of the molecule is CC(C)C1CCN(CCCC(N)c2ccccc2)C1. The predicted molar refractivity (Wildman–Crippen MR) is 82.0 cm³/mol. The highest BCUT2D eigenvalue weighted by molar-refractivity contribution is 5.18. The largest absolute Gasteiger partial charge is 0.324 e. The maximum Gasteiger partial charge on any atom is 0.0295 e. The van der Waals surface area contributed by atoms with Crippen molar-refractivity contribution in [3.8, 4) is 0 Å². The Morgan fingerprint density at radius 3 is 2.63 bits per heavy atom. The van der Waals surface area contributed by atoms with Crippen molar-refractivity contribution in [1.82, 2.24) is 4.90 Å². The third kappa shape index (κ3) is 4.32. The molecule has 1 aromatic rings. The van der Waals surface area contributed by atoms with Crippen molar-refractivity contribution in [2.24, 2.45) is 17.6 Å². The summed E-state index contributed by atoms with van der Waals surface area (Å²) in [7, 11) is 0. The van der Waals surface area contributed by atoms with Gasteiger partial charge in [0.05, 0.1) is 0 Å². The summed E-state index contributed by atoms with van der Waals surface area (Å²) in [4.78, 5) is 2.61. The zero-order valence-electron chi connectivity index (χ0n) is 12.4. The van der Waals surface area contributed by atoms with E-state index in [-0.39, 0.29) is 6.04 Å². The molecular formula is C17H28N2. The molecule has 0 amide bonds. The Balaban J connectivity index is 1.67. The van der Waals surface area contributed by atoms with E-state index in [9.17, 15) is 0 Å². The molecule has 0 radical (unpaired) electrons. The third-order valence-electron chi connectivity index (χ3n) is 4.47. The first-order valence-corrected chi connectivity index (χ1v) is 7.69. The number of benzene rings is 1. The molecule has 2 N–H and O–H groups in total. The molecule has 1 heterocycles. The van der Waals surface area contributed by atoms with Gasteiger partial charge in [0.15, 0.2) is 0 Å². The van der Waals surface area contributed by atoms with Crippen LogP contribution in [0.3, 0.4) is 0 Å². The molecule has 2 nitrogen and oxygen atoms in total. The number of nitrogens with zero attached hydrogens (tertiary/aromatic N) is 1. The molecule has 2 unspecified atom stereocenters. The van der Waals surface area contributed by atoms with E-state index in [4.69, 9.17) is 5.73 Å². The second kappa shape index (κ2) is 7.06. The summed E-state index contributed by atoms with van der Waals surface area (Å²) in [5.41, 5.74) is 7.50. The zero-order chi connectivity index (χ0) is 13.7. The first kappa shape index (κ1) is 14.5. The van der Waals surface area contributed by atoms with Gasteiger partial charge in [-0.1, -0.05) is 44.2 Å². The van der Waals surface area contributed by atoms with Gasteiger partial charge in [0.1, 0.15) is 0 Å². The molecule has 19 heavy (non-hydrogen) atoms. The summed E-state index contributed by atoms with van der Waals surface area (Å²) in [6.07, 6.45) is 3.68. The molecule has 0 spiro atoms. The van der Waals surface area contributed by atoms with Crippen molar-refractivity contribution in [2.75, 3.05) is 19.6 Å². The maximum atomic E-state index is 6.24. The smallest absolute Gasteiger partial charge is 0.0295 e. The third-order valence-corrected chi connectivity index (χ3v) is 4.47. The van der Waals surface area contributed by atoms with Gasteiger partial charge in [-0.15, -0.1) is 0 Å². The van der Waals surface area contributed by atoms with Crippen LogP contribution in [-0.2, 0) is 0 Å². The summed E-state index contributed by atoms with van der Waals surface area (Å²) in [6.45, 7) is 8.48. The number of likely N-dealkylation sites (tertiary alicyclic amines) is 1. The Morgan fingerprint density at radius 1 is 1.26 bits per heavy atom. The molecule has 2 heteroatoms. The minimum Gasteiger partial charge on any atom is -0.324 e. The van der Waals surface area contributed by atoms with Crippen molar-refractivity contribution < 1.29 is 0 Å². The van der Waals surface area contributed by atoms with E-state index >= 15 is 0 Å². The molecule has 1 aliphatic heterocycles. The van der Waals surface area contributed by atoms with Crippen LogP contribution in [0.1, 0.15) is 44.7 Å². The lowest BCUT2D eigenvalue weighted by molar-refractivity contribution is 0.294. The van der Waals surface area contributed by atoms with Gasteiger partial charge in [0.2, 0.25) is 0 Å². The second-order valence-corrected chi connectivity index (χ2v) is 6.25. The molecule has 1 aromatic carbocycles. The normalized spacial score (nSPS) is 22.0. The highest BCUT2D eigenvalue weighted by Crippen LogP contribution is 2.24.